The van der Waals surface area contributed by atoms with E-state index < -0.39 is 0 Å². The van der Waals surface area contributed by atoms with E-state index in [0.717, 1.165) is 50.2 Å². The van der Waals surface area contributed by atoms with Gasteiger partial charge in [-0.05, 0) is 53.5 Å². The monoisotopic (exact) mass is 775 g/mol. The summed E-state index contributed by atoms with van der Waals surface area (Å²) in [5.41, 5.74) is 7.95. The summed E-state index contributed by atoms with van der Waals surface area (Å²) in [5, 5.41) is 26.1. The summed E-state index contributed by atoms with van der Waals surface area (Å²) in [4.78, 5) is 4.81. The van der Waals surface area contributed by atoms with Crippen LogP contribution in [-0.2, 0) is 20.1 Å². The second-order valence-corrected chi connectivity index (χ2v) is 9.68. The van der Waals surface area contributed by atoms with Gasteiger partial charge in [-0.15, -0.1) is 18.2 Å². The SMILES string of the molecule is [Ir+3].[c-]1ccccc1-n1nc2ccccc2n1.[c-]1ccccc1-n1nc2ccccc2n1.[c-]1ccccc1-n1nc2ccccc2n1. The Hall–Kier alpha value is -5.83. The number of fused-ring (bicyclic) bond motifs is 3. The predicted octanol–water partition coefficient (Wildman–Crippen LogP) is 6.66. The van der Waals surface area contributed by atoms with Crippen LogP contribution in [0.4, 0.5) is 0 Å². The van der Waals surface area contributed by atoms with Crippen LogP contribution < -0.4 is 0 Å². The molecule has 0 saturated carbocycles. The van der Waals surface area contributed by atoms with Crippen LogP contribution in [-0.4, -0.2) is 45.0 Å². The molecular formula is C36H24IrN9. The second kappa shape index (κ2) is 14.3. The summed E-state index contributed by atoms with van der Waals surface area (Å²) in [5.74, 6) is 0. The third-order valence-corrected chi connectivity index (χ3v) is 6.58. The molecular weight excluding hydrogens is 751 g/mol. The van der Waals surface area contributed by atoms with Crippen molar-refractivity contribution in [3.63, 3.8) is 0 Å². The number of aromatic nitrogens is 9. The Bertz CT molecular complexity index is 1920. The van der Waals surface area contributed by atoms with Gasteiger partial charge in [-0.1, -0.05) is 36.4 Å². The van der Waals surface area contributed by atoms with Gasteiger partial charge in [-0.2, -0.15) is 118 Å². The molecule has 46 heavy (non-hydrogen) atoms. The summed E-state index contributed by atoms with van der Waals surface area (Å²) in [6, 6.07) is 55.6. The molecule has 3 aromatic heterocycles. The molecule has 0 aliphatic carbocycles. The summed E-state index contributed by atoms with van der Waals surface area (Å²) in [6.07, 6.45) is 0. The van der Waals surface area contributed by atoms with E-state index in [1.807, 2.05) is 146 Å². The van der Waals surface area contributed by atoms with Crippen molar-refractivity contribution in [3.05, 3.63) is 164 Å². The summed E-state index contributed by atoms with van der Waals surface area (Å²) in [7, 11) is 0. The molecule has 0 amide bonds. The molecule has 0 atom stereocenters. The van der Waals surface area contributed by atoms with Gasteiger partial charge >= 0.3 is 20.1 Å². The van der Waals surface area contributed by atoms with E-state index >= 15 is 0 Å². The first-order chi connectivity index (χ1) is 22.3. The normalized spacial score (nSPS) is 10.4. The molecule has 0 bridgehead atoms. The van der Waals surface area contributed by atoms with Crippen molar-refractivity contribution in [1.29, 1.82) is 0 Å². The minimum Gasteiger partial charge on any atom is -0.176 e. The topological polar surface area (TPSA) is 92.1 Å². The van der Waals surface area contributed by atoms with Gasteiger partial charge in [0.25, 0.3) is 0 Å². The van der Waals surface area contributed by atoms with Crippen LogP contribution in [0, 0.1) is 18.2 Å². The molecule has 6 aromatic carbocycles. The molecule has 0 unspecified atom stereocenters. The van der Waals surface area contributed by atoms with Gasteiger partial charge in [0.1, 0.15) is 33.1 Å². The molecule has 9 rings (SSSR count). The molecule has 0 fully saturated rings. The van der Waals surface area contributed by atoms with Crippen molar-refractivity contribution in [1.82, 2.24) is 45.0 Å². The standard InChI is InChI=1S/3C12H8N3.Ir/c3*1-2-6-10(7-3-1)15-13-11-8-4-5-9-12(11)14-15;/h3*1-6,8-9H;/q3*-1;+3. The van der Waals surface area contributed by atoms with Crippen molar-refractivity contribution in [2.24, 2.45) is 0 Å². The van der Waals surface area contributed by atoms with Crippen LogP contribution >= 0.6 is 0 Å². The van der Waals surface area contributed by atoms with Crippen molar-refractivity contribution < 1.29 is 20.1 Å². The van der Waals surface area contributed by atoms with E-state index in [4.69, 9.17) is 0 Å². The first-order valence-electron chi connectivity index (χ1n) is 14.2. The van der Waals surface area contributed by atoms with Crippen LogP contribution in [0.25, 0.3) is 50.2 Å². The quantitative estimate of drug-likeness (QED) is 0.187. The Kier molecular flexibility index (Phi) is 9.39. The Morgan fingerprint density at radius 1 is 0.304 bits per heavy atom. The van der Waals surface area contributed by atoms with E-state index in [-0.39, 0.29) is 20.1 Å². The van der Waals surface area contributed by atoms with Crippen LogP contribution in [0.15, 0.2) is 146 Å². The molecule has 9 nitrogen and oxygen atoms in total. The zero-order valence-corrected chi connectivity index (χ0v) is 26.6. The zero-order chi connectivity index (χ0) is 30.3. The molecule has 222 valence electrons. The number of benzene rings is 6. The number of nitrogens with zero attached hydrogens (tertiary/aromatic N) is 9. The number of rotatable bonds is 3. The van der Waals surface area contributed by atoms with Crippen LogP contribution in [0.2, 0.25) is 0 Å². The van der Waals surface area contributed by atoms with Gasteiger partial charge in [0.05, 0.1) is 0 Å². The third kappa shape index (κ3) is 6.94. The van der Waals surface area contributed by atoms with Gasteiger partial charge in [-0.3, -0.25) is 0 Å². The summed E-state index contributed by atoms with van der Waals surface area (Å²) >= 11 is 0. The maximum Gasteiger partial charge on any atom is 3.00 e. The van der Waals surface area contributed by atoms with Gasteiger partial charge in [0.2, 0.25) is 0 Å². The number of para-hydroxylation sites is 3. The van der Waals surface area contributed by atoms with Gasteiger partial charge in [0, 0.05) is 0 Å². The maximum atomic E-state index is 4.36. The van der Waals surface area contributed by atoms with Crippen molar-refractivity contribution in [2.75, 3.05) is 0 Å². The van der Waals surface area contributed by atoms with Crippen molar-refractivity contribution >= 4 is 33.1 Å². The van der Waals surface area contributed by atoms with E-state index in [0.29, 0.717) is 0 Å². The second-order valence-electron chi connectivity index (χ2n) is 9.68. The largest absolute Gasteiger partial charge is 3.00 e. The molecule has 10 heteroatoms. The van der Waals surface area contributed by atoms with Crippen molar-refractivity contribution in [2.45, 2.75) is 0 Å². The average molecular weight is 775 g/mol. The smallest absolute Gasteiger partial charge is 0.176 e. The van der Waals surface area contributed by atoms with Crippen molar-refractivity contribution in [3.8, 4) is 17.1 Å². The summed E-state index contributed by atoms with van der Waals surface area (Å²) < 4.78 is 0. The van der Waals surface area contributed by atoms with Gasteiger partial charge in [0.15, 0.2) is 0 Å². The average Bonchev–Trinajstić information content (AvgIpc) is 3.87. The molecule has 0 aliphatic heterocycles. The third-order valence-electron chi connectivity index (χ3n) is 6.58. The van der Waals surface area contributed by atoms with Gasteiger partial charge in [-0.25, -0.2) is 0 Å². The predicted molar refractivity (Wildman–Crippen MR) is 173 cm³/mol. The van der Waals surface area contributed by atoms with Crippen LogP contribution in [0.1, 0.15) is 0 Å². The summed E-state index contributed by atoms with van der Waals surface area (Å²) in [6.45, 7) is 0. The molecule has 0 aliphatic rings. The number of hydrogen-bond acceptors (Lipinski definition) is 6. The fraction of sp³-hybridized carbons (Fsp3) is 0. The van der Waals surface area contributed by atoms with Gasteiger partial charge < -0.3 is 0 Å². The van der Waals surface area contributed by atoms with E-state index in [9.17, 15) is 0 Å². The molecule has 0 saturated heterocycles. The van der Waals surface area contributed by atoms with Crippen LogP contribution in [0.5, 0.6) is 0 Å². The Morgan fingerprint density at radius 2 is 0.522 bits per heavy atom. The fourth-order valence-electron chi connectivity index (χ4n) is 4.43. The molecule has 0 spiro atoms. The molecule has 3 heterocycles. The Balaban J connectivity index is 0.000000120. The number of hydrogen-bond donors (Lipinski definition) is 0. The Morgan fingerprint density at radius 3 is 0.717 bits per heavy atom. The van der Waals surface area contributed by atoms with Crippen LogP contribution in [0.3, 0.4) is 0 Å². The van der Waals surface area contributed by atoms with E-state index in [1.165, 1.54) is 0 Å². The molecule has 0 N–H and O–H groups in total. The minimum absolute atomic E-state index is 0. The zero-order valence-electron chi connectivity index (χ0n) is 24.2. The minimum atomic E-state index is 0. The molecule has 9 aromatic rings. The first-order valence-corrected chi connectivity index (χ1v) is 14.2. The van der Waals surface area contributed by atoms with E-state index in [1.54, 1.807) is 14.4 Å². The Labute approximate surface area is 278 Å². The first kappa shape index (κ1) is 30.2. The fourth-order valence-corrected chi connectivity index (χ4v) is 4.43. The molecule has 0 radical (unpaired) electrons. The maximum absolute atomic E-state index is 4.36. The van der Waals surface area contributed by atoms with E-state index in [2.05, 4.69) is 48.8 Å².